The third-order valence-corrected chi connectivity index (χ3v) is 2.84. The van der Waals surface area contributed by atoms with Gasteiger partial charge in [0.05, 0.1) is 5.92 Å². The maximum absolute atomic E-state index is 13.6. The topological polar surface area (TPSA) is 64.9 Å². The first kappa shape index (κ1) is 12.7. The molecule has 0 bridgehead atoms. The Morgan fingerprint density at radius 2 is 2.11 bits per heavy atom. The molecule has 1 atom stereocenters. The highest BCUT2D eigenvalue weighted by atomic mass is 19.1. The van der Waals surface area contributed by atoms with E-state index in [0.29, 0.717) is 36.7 Å². The van der Waals surface area contributed by atoms with Crippen LogP contribution in [0.3, 0.4) is 0 Å². The number of nitrogens with zero attached hydrogens (tertiary/aromatic N) is 2. The normalized spacial score (nSPS) is 12.6. The molecule has 0 saturated carbocycles. The van der Waals surface area contributed by atoms with E-state index in [1.165, 1.54) is 6.07 Å². The first-order valence-corrected chi connectivity index (χ1v) is 6.00. The molecule has 4 nitrogen and oxygen atoms in total. The molecular formula is C13H16FN3O. The summed E-state index contributed by atoms with van der Waals surface area (Å²) in [6.45, 7) is 2.28. The van der Waals surface area contributed by atoms with Gasteiger partial charge in [-0.2, -0.15) is 0 Å². The van der Waals surface area contributed by atoms with Crippen molar-refractivity contribution in [1.82, 2.24) is 10.2 Å². The summed E-state index contributed by atoms with van der Waals surface area (Å²) in [6.07, 6.45) is 1.15. The fourth-order valence-corrected chi connectivity index (χ4v) is 1.78. The molecule has 0 aliphatic heterocycles. The van der Waals surface area contributed by atoms with Crippen LogP contribution in [0, 0.1) is 5.82 Å². The summed E-state index contributed by atoms with van der Waals surface area (Å²) >= 11 is 0. The molecule has 1 aromatic carbocycles. The number of halogens is 1. The van der Waals surface area contributed by atoms with E-state index in [0.717, 1.165) is 0 Å². The van der Waals surface area contributed by atoms with Crippen molar-refractivity contribution in [2.45, 2.75) is 25.7 Å². The first-order valence-electron chi connectivity index (χ1n) is 6.00. The summed E-state index contributed by atoms with van der Waals surface area (Å²) in [7, 11) is 0. The van der Waals surface area contributed by atoms with Gasteiger partial charge in [-0.3, -0.25) is 0 Å². The lowest BCUT2D eigenvalue weighted by Crippen LogP contribution is -2.16. The molecule has 0 radical (unpaired) electrons. The van der Waals surface area contributed by atoms with E-state index in [1.54, 1.807) is 18.2 Å². The molecule has 5 heteroatoms. The van der Waals surface area contributed by atoms with Crippen LogP contribution in [-0.4, -0.2) is 16.7 Å². The van der Waals surface area contributed by atoms with E-state index in [2.05, 4.69) is 10.2 Å². The van der Waals surface area contributed by atoms with Crippen LogP contribution in [0.1, 0.15) is 30.2 Å². The third kappa shape index (κ3) is 2.73. The standard InChI is InChI=1S/C13H16FN3O/c1-2-12-16-17-13(18-12)10(8-15)7-9-5-3-4-6-11(9)14/h3-6,10H,2,7-8,15H2,1H3. The SMILES string of the molecule is CCc1nnc(C(CN)Cc2ccccc2F)o1. The molecule has 0 aliphatic rings. The molecule has 0 spiro atoms. The molecule has 1 unspecified atom stereocenters. The second-order valence-electron chi connectivity index (χ2n) is 4.12. The van der Waals surface area contributed by atoms with Crippen LogP contribution in [-0.2, 0) is 12.8 Å². The Hall–Kier alpha value is -1.75. The lowest BCUT2D eigenvalue weighted by molar-refractivity contribution is 0.415. The fraction of sp³-hybridized carbons (Fsp3) is 0.385. The van der Waals surface area contributed by atoms with Gasteiger partial charge in [0.25, 0.3) is 0 Å². The van der Waals surface area contributed by atoms with Gasteiger partial charge in [0, 0.05) is 13.0 Å². The molecule has 0 amide bonds. The van der Waals surface area contributed by atoms with E-state index in [-0.39, 0.29) is 11.7 Å². The van der Waals surface area contributed by atoms with Crippen LogP contribution in [0.25, 0.3) is 0 Å². The molecule has 0 saturated heterocycles. The van der Waals surface area contributed by atoms with Crippen LogP contribution < -0.4 is 5.73 Å². The predicted molar refractivity (Wildman–Crippen MR) is 65.6 cm³/mol. The Labute approximate surface area is 105 Å². The zero-order chi connectivity index (χ0) is 13.0. The molecular weight excluding hydrogens is 233 g/mol. The maximum Gasteiger partial charge on any atom is 0.221 e. The zero-order valence-corrected chi connectivity index (χ0v) is 10.3. The quantitative estimate of drug-likeness (QED) is 0.880. The van der Waals surface area contributed by atoms with Gasteiger partial charge in [-0.15, -0.1) is 10.2 Å². The summed E-state index contributed by atoms with van der Waals surface area (Å²) < 4.78 is 19.0. The average Bonchev–Trinajstić information content (AvgIpc) is 2.86. The molecule has 1 heterocycles. The summed E-state index contributed by atoms with van der Waals surface area (Å²) in [6, 6.07) is 6.65. The lowest BCUT2D eigenvalue weighted by atomic mass is 9.99. The van der Waals surface area contributed by atoms with Crippen molar-refractivity contribution in [3.05, 3.63) is 47.4 Å². The second-order valence-corrected chi connectivity index (χ2v) is 4.12. The van der Waals surface area contributed by atoms with Crippen molar-refractivity contribution in [3.8, 4) is 0 Å². The van der Waals surface area contributed by atoms with Crippen molar-refractivity contribution >= 4 is 0 Å². The van der Waals surface area contributed by atoms with Gasteiger partial charge >= 0.3 is 0 Å². The summed E-state index contributed by atoms with van der Waals surface area (Å²) in [5, 5.41) is 7.87. The van der Waals surface area contributed by atoms with Gasteiger partial charge < -0.3 is 10.2 Å². The Kier molecular flexibility index (Phi) is 4.04. The molecule has 2 N–H and O–H groups in total. The summed E-state index contributed by atoms with van der Waals surface area (Å²) in [4.78, 5) is 0. The average molecular weight is 249 g/mol. The van der Waals surface area contributed by atoms with E-state index in [9.17, 15) is 4.39 Å². The molecule has 1 aromatic heterocycles. The van der Waals surface area contributed by atoms with Crippen molar-refractivity contribution in [2.24, 2.45) is 5.73 Å². The Morgan fingerprint density at radius 3 is 2.72 bits per heavy atom. The van der Waals surface area contributed by atoms with Gasteiger partial charge in [0.1, 0.15) is 5.82 Å². The van der Waals surface area contributed by atoms with Gasteiger partial charge in [-0.1, -0.05) is 25.1 Å². The summed E-state index contributed by atoms with van der Waals surface area (Å²) in [5.41, 5.74) is 6.32. The van der Waals surface area contributed by atoms with Gasteiger partial charge in [-0.05, 0) is 18.1 Å². The van der Waals surface area contributed by atoms with Gasteiger partial charge in [0.2, 0.25) is 11.8 Å². The highest BCUT2D eigenvalue weighted by Crippen LogP contribution is 2.20. The van der Waals surface area contributed by atoms with Crippen LogP contribution in [0.5, 0.6) is 0 Å². The number of benzene rings is 1. The largest absolute Gasteiger partial charge is 0.425 e. The van der Waals surface area contributed by atoms with Crippen LogP contribution >= 0.6 is 0 Å². The van der Waals surface area contributed by atoms with Crippen molar-refractivity contribution in [3.63, 3.8) is 0 Å². The zero-order valence-electron chi connectivity index (χ0n) is 10.3. The van der Waals surface area contributed by atoms with Crippen molar-refractivity contribution in [2.75, 3.05) is 6.54 Å². The van der Waals surface area contributed by atoms with Crippen LogP contribution in [0.2, 0.25) is 0 Å². The lowest BCUT2D eigenvalue weighted by Gasteiger charge is -2.10. The van der Waals surface area contributed by atoms with Crippen LogP contribution in [0.4, 0.5) is 4.39 Å². The van der Waals surface area contributed by atoms with Crippen molar-refractivity contribution < 1.29 is 8.81 Å². The number of hydrogen-bond acceptors (Lipinski definition) is 4. The smallest absolute Gasteiger partial charge is 0.221 e. The van der Waals surface area contributed by atoms with Crippen LogP contribution in [0.15, 0.2) is 28.7 Å². The monoisotopic (exact) mass is 249 g/mol. The second kappa shape index (κ2) is 5.73. The molecule has 96 valence electrons. The highest BCUT2D eigenvalue weighted by Gasteiger charge is 2.18. The number of aromatic nitrogens is 2. The van der Waals surface area contributed by atoms with E-state index in [4.69, 9.17) is 10.2 Å². The molecule has 18 heavy (non-hydrogen) atoms. The summed E-state index contributed by atoms with van der Waals surface area (Å²) in [5.74, 6) is 0.690. The van der Waals surface area contributed by atoms with Crippen molar-refractivity contribution in [1.29, 1.82) is 0 Å². The first-order chi connectivity index (χ1) is 8.74. The number of aryl methyl sites for hydroxylation is 1. The maximum atomic E-state index is 13.6. The minimum absolute atomic E-state index is 0.144. The van der Waals surface area contributed by atoms with Gasteiger partial charge in [-0.25, -0.2) is 4.39 Å². The Bertz CT molecular complexity index is 512. The Balaban J connectivity index is 2.17. The highest BCUT2D eigenvalue weighted by molar-refractivity contribution is 5.19. The number of nitrogens with two attached hydrogens (primary N) is 1. The minimum Gasteiger partial charge on any atom is -0.425 e. The molecule has 2 rings (SSSR count). The van der Waals surface area contributed by atoms with E-state index < -0.39 is 0 Å². The van der Waals surface area contributed by atoms with E-state index >= 15 is 0 Å². The minimum atomic E-state index is -0.230. The number of hydrogen-bond donors (Lipinski definition) is 1. The number of rotatable bonds is 5. The van der Waals surface area contributed by atoms with E-state index in [1.807, 2.05) is 6.92 Å². The van der Waals surface area contributed by atoms with Gasteiger partial charge in [0.15, 0.2) is 0 Å². The fourth-order valence-electron chi connectivity index (χ4n) is 1.78. The molecule has 0 fully saturated rings. The third-order valence-electron chi connectivity index (χ3n) is 2.84. The molecule has 2 aromatic rings. The Morgan fingerprint density at radius 1 is 1.33 bits per heavy atom. The molecule has 0 aliphatic carbocycles. The predicted octanol–water partition coefficient (Wildman–Crippen LogP) is 2.06.